The Morgan fingerprint density at radius 1 is 1.69 bits per heavy atom. The first-order valence-electron chi connectivity index (χ1n) is 6.01. The molecule has 0 N–H and O–H groups in total. The van der Waals surface area contributed by atoms with Crippen LogP contribution in [-0.4, -0.2) is 22.3 Å². The molecular weight excluding hydrogens is 220 g/mol. The number of rotatable bonds is 4. The minimum absolute atomic E-state index is 0.254. The van der Waals surface area contributed by atoms with Gasteiger partial charge in [-0.15, -0.1) is 11.3 Å². The van der Waals surface area contributed by atoms with Crippen LogP contribution in [0.2, 0.25) is 0 Å². The van der Waals surface area contributed by atoms with E-state index in [0.717, 1.165) is 37.2 Å². The molecule has 4 heteroatoms. The van der Waals surface area contributed by atoms with Gasteiger partial charge in [-0.1, -0.05) is 13.3 Å². The van der Waals surface area contributed by atoms with E-state index in [1.54, 1.807) is 11.3 Å². The molecule has 16 heavy (non-hydrogen) atoms. The summed E-state index contributed by atoms with van der Waals surface area (Å²) in [4.78, 5) is 18.4. The van der Waals surface area contributed by atoms with Gasteiger partial charge < -0.3 is 4.90 Å². The van der Waals surface area contributed by atoms with Gasteiger partial charge in [0.05, 0.1) is 6.04 Å². The fourth-order valence-electron chi connectivity index (χ4n) is 2.19. The van der Waals surface area contributed by atoms with Crippen LogP contribution in [0.3, 0.4) is 0 Å². The molecule has 0 radical (unpaired) electrons. The zero-order valence-electron chi connectivity index (χ0n) is 9.69. The van der Waals surface area contributed by atoms with Crippen molar-refractivity contribution in [1.82, 2.24) is 9.88 Å². The standard InChI is InChI=1S/C12H18N2OS/c1-2-3-6-11(15)14-8-4-5-10(14)12-13-7-9-16-12/h7,9-10H,2-6,8H2,1H3. The summed E-state index contributed by atoms with van der Waals surface area (Å²) < 4.78 is 0. The van der Waals surface area contributed by atoms with Crippen molar-refractivity contribution in [2.45, 2.75) is 45.1 Å². The Labute approximate surface area is 100 Å². The van der Waals surface area contributed by atoms with Crippen LogP contribution in [-0.2, 0) is 4.79 Å². The molecule has 1 fully saturated rings. The summed E-state index contributed by atoms with van der Waals surface area (Å²) in [6, 6.07) is 0.254. The first kappa shape index (κ1) is 11.6. The van der Waals surface area contributed by atoms with Gasteiger partial charge >= 0.3 is 0 Å². The predicted octanol–water partition coefficient (Wildman–Crippen LogP) is 3.00. The molecule has 1 aromatic heterocycles. The number of thiazole rings is 1. The minimum Gasteiger partial charge on any atom is -0.333 e. The molecular formula is C12H18N2OS. The second kappa shape index (κ2) is 5.43. The largest absolute Gasteiger partial charge is 0.333 e. The lowest BCUT2D eigenvalue weighted by Gasteiger charge is -2.23. The fourth-order valence-corrected chi connectivity index (χ4v) is 2.98. The molecule has 3 nitrogen and oxygen atoms in total. The van der Waals surface area contributed by atoms with E-state index < -0.39 is 0 Å². The summed E-state index contributed by atoms with van der Waals surface area (Å²) in [5.74, 6) is 0.305. The van der Waals surface area contributed by atoms with Gasteiger partial charge in [0, 0.05) is 24.5 Å². The van der Waals surface area contributed by atoms with Gasteiger partial charge in [0.2, 0.25) is 5.91 Å². The molecule has 88 valence electrons. The third-order valence-corrected chi connectivity index (χ3v) is 3.93. The van der Waals surface area contributed by atoms with Crippen LogP contribution in [0.25, 0.3) is 0 Å². The second-order valence-corrected chi connectivity index (χ2v) is 5.15. The number of carbonyl (C=O) groups is 1. The predicted molar refractivity (Wildman–Crippen MR) is 65.3 cm³/mol. The van der Waals surface area contributed by atoms with E-state index in [9.17, 15) is 4.79 Å². The topological polar surface area (TPSA) is 33.2 Å². The molecule has 1 unspecified atom stereocenters. The van der Waals surface area contributed by atoms with Gasteiger partial charge in [-0.2, -0.15) is 0 Å². The number of nitrogens with zero attached hydrogens (tertiary/aromatic N) is 2. The summed E-state index contributed by atoms with van der Waals surface area (Å²) >= 11 is 1.66. The normalized spacial score (nSPS) is 20.3. The van der Waals surface area contributed by atoms with Crippen molar-refractivity contribution in [1.29, 1.82) is 0 Å². The zero-order chi connectivity index (χ0) is 11.4. The fraction of sp³-hybridized carbons (Fsp3) is 0.667. The Hall–Kier alpha value is -0.900. The number of amides is 1. The highest BCUT2D eigenvalue weighted by Gasteiger charge is 2.30. The first-order chi connectivity index (χ1) is 7.83. The number of unbranched alkanes of at least 4 members (excludes halogenated alkanes) is 1. The zero-order valence-corrected chi connectivity index (χ0v) is 10.5. The maximum atomic E-state index is 12.0. The molecule has 1 atom stereocenters. The third kappa shape index (κ3) is 2.43. The number of aromatic nitrogens is 1. The summed E-state index contributed by atoms with van der Waals surface area (Å²) in [5.41, 5.74) is 0. The molecule has 1 aromatic rings. The average molecular weight is 238 g/mol. The SMILES string of the molecule is CCCCC(=O)N1CCCC1c1nccs1. The Morgan fingerprint density at radius 3 is 3.25 bits per heavy atom. The van der Waals surface area contributed by atoms with Crippen LogP contribution >= 0.6 is 11.3 Å². The summed E-state index contributed by atoms with van der Waals surface area (Å²) in [6.45, 7) is 3.03. The molecule has 1 aliphatic rings. The van der Waals surface area contributed by atoms with Gasteiger partial charge in [-0.25, -0.2) is 4.98 Å². The highest BCUT2D eigenvalue weighted by atomic mass is 32.1. The lowest BCUT2D eigenvalue weighted by Crippen LogP contribution is -2.30. The quantitative estimate of drug-likeness (QED) is 0.808. The lowest BCUT2D eigenvalue weighted by atomic mass is 10.2. The number of carbonyl (C=O) groups excluding carboxylic acids is 1. The van der Waals surface area contributed by atoms with Crippen molar-refractivity contribution in [3.05, 3.63) is 16.6 Å². The van der Waals surface area contributed by atoms with Crippen molar-refractivity contribution in [3.8, 4) is 0 Å². The summed E-state index contributed by atoms with van der Waals surface area (Å²) in [6.07, 6.45) is 6.79. The maximum Gasteiger partial charge on any atom is 0.223 e. The van der Waals surface area contributed by atoms with Gasteiger partial charge in [-0.3, -0.25) is 4.79 Å². The molecule has 0 saturated carbocycles. The maximum absolute atomic E-state index is 12.0. The second-order valence-electron chi connectivity index (χ2n) is 4.22. The van der Waals surface area contributed by atoms with Crippen molar-refractivity contribution in [2.75, 3.05) is 6.54 Å². The van der Waals surface area contributed by atoms with Crippen LogP contribution in [0, 0.1) is 0 Å². The third-order valence-electron chi connectivity index (χ3n) is 3.05. The van der Waals surface area contributed by atoms with Crippen LogP contribution in [0.5, 0.6) is 0 Å². The van der Waals surface area contributed by atoms with Gasteiger partial charge in [0.1, 0.15) is 5.01 Å². The molecule has 0 bridgehead atoms. The molecule has 0 aromatic carbocycles. The van der Waals surface area contributed by atoms with E-state index in [0.29, 0.717) is 12.3 Å². The number of hydrogen-bond donors (Lipinski definition) is 0. The molecule has 0 spiro atoms. The monoisotopic (exact) mass is 238 g/mol. The van der Waals surface area contributed by atoms with Gasteiger partial charge in [0.15, 0.2) is 0 Å². The van der Waals surface area contributed by atoms with Crippen LogP contribution in [0.1, 0.15) is 50.1 Å². The molecule has 1 saturated heterocycles. The number of hydrogen-bond acceptors (Lipinski definition) is 3. The van der Waals surface area contributed by atoms with E-state index in [1.165, 1.54) is 0 Å². The molecule has 1 aliphatic heterocycles. The van der Waals surface area contributed by atoms with Gasteiger partial charge in [0.25, 0.3) is 0 Å². The van der Waals surface area contributed by atoms with Crippen molar-refractivity contribution in [2.24, 2.45) is 0 Å². The molecule has 2 rings (SSSR count). The van der Waals surface area contributed by atoms with Crippen molar-refractivity contribution >= 4 is 17.2 Å². The lowest BCUT2D eigenvalue weighted by molar-refractivity contribution is -0.132. The highest BCUT2D eigenvalue weighted by molar-refractivity contribution is 7.09. The Morgan fingerprint density at radius 2 is 2.56 bits per heavy atom. The minimum atomic E-state index is 0.254. The van der Waals surface area contributed by atoms with E-state index in [2.05, 4.69) is 11.9 Å². The average Bonchev–Trinajstić information content (AvgIpc) is 2.94. The highest BCUT2D eigenvalue weighted by Crippen LogP contribution is 2.33. The van der Waals surface area contributed by atoms with E-state index in [1.807, 2.05) is 16.5 Å². The molecule has 2 heterocycles. The van der Waals surface area contributed by atoms with Crippen LogP contribution in [0.15, 0.2) is 11.6 Å². The summed E-state index contributed by atoms with van der Waals surface area (Å²) in [7, 11) is 0. The Bertz CT molecular complexity index is 337. The van der Waals surface area contributed by atoms with E-state index in [4.69, 9.17) is 0 Å². The van der Waals surface area contributed by atoms with Crippen LogP contribution in [0.4, 0.5) is 0 Å². The Balaban J connectivity index is 2.01. The van der Waals surface area contributed by atoms with E-state index in [-0.39, 0.29) is 6.04 Å². The Kier molecular flexibility index (Phi) is 3.93. The van der Waals surface area contributed by atoms with Crippen molar-refractivity contribution in [3.63, 3.8) is 0 Å². The van der Waals surface area contributed by atoms with Gasteiger partial charge in [-0.05, 0) is 19.3 Å². The summed E-state index contributed by atoms with van der Waals surface area (Å²) in [5, 5.41) is 3.09. The number of likely N-dealkylation sites (tertiary alicyclic amines) is 1. The molecule has 0 aliphatic carbocycles. The van der Waals surface area contributed by atoms with Crippen molar-refractivity contribution < 1.29 is 4.79 Å². The van der Waals surface area contributed by atoms with E-state index >= 15 is 0 Å². The first-order valence-corrected chi connectivity index (χ1v) is 6.89. The van der Waals surface area contributed by atoms with Crippen LogP contribution < -0.4 is 0 Å². The smallest absolute Gasteiger partial charge is 0.223 e. The molecule has 1 amide bonds.